The van der Waals surface area contributed by atoms with Gasteiger partial charge in [-0.1, -0.05) is 30.3 Å². The van der Waals surface area contributed by atoms with Crippen molar-refractivity contribution in [1.82, 2.24) is 5.32 Å². The molecule has 6 nitrogen and oxygen atoms in total. The van der Waals surface area contributed by atoms with Crippen LogP contribution in [0.4, 0.5) is 0 Å². The average Bonchev–Trinajstić information content (AvgIpc) is 3.05. The lowest BCUT2D eigenvalue weighted by molar-refractivity contribution is 0.0600. The molecule has 3 aromatic rings. The maximum Gasteiger partial charge on any atom is 0.337 e. The Morgan fingerprint density at radius 3 is 2.46 bits per heavy atom. The third kappa shape index (κ3) is 3.60. The number of esters is 1. The van der Waals surface area contributed by atoms with Crippen molar-refractivity contribution in [2.75, 3.05) is 14.2 Å². The second-order valence-electron chi connectivity index (χ2n) is 5.71. The monoisotopic (exact) mass is 353 g/mol. The van der Waals surface area contributed by atoms with Gasteiger partial charge in [0.1, 0.15) is 5.58 Å². The summed E-state index contributed by atoms with van der Waals surface area (Å²) in [6, 6.07) is 14.3. The number of furan rings is 1. The van der Waals surface area contributed by atoms with Gasteiger partial charge in [-0.15, -0.1) is 0 Å². The highest BCUT2D eigenvalue weighted by atomic mass is 16.5. The third-order valence-corrected chi connectivity index (χ3v) is 4.02. The predicted molar refractivity (Wildman–Crippen MR) is 95.9 cm³/mol. The molecule has 1 heterocycles. The highest BCUT2D eigenvalue weighted by molar-refractivity contribution is 5.99. The molecule has 6 heteroatoms. The minimum atomic E-state index is -0.396. The Balaban J connectivity index is 1.75. The normalized spacial score (nSPS) is 10.7. The van der Waals surface area contributed by atoms with Gasteiger partial charge in [0.05, 0.1) is 19.3 Å². The molecule has 26 heavy (non-hydrogen) atoms. The first-order valence-corrected chi connectivity index (χ1v) is 8.09. The Bertz CT molecular complexity index is 927. The fraction of sp³-hybridized carbons (Fsp3) is 0.200. The number of para-hydroxylation sites is 1. The van der Waals surface area contributed by atoms with Gasteiger partial charge in [-0.25, -0.2) is 4.79 Å². The summed E-state index contributed by atoms with van der Waals surface area (Å²) in [6.45, 7) is 0.595. The number of benzene rings is 2. The van der Waals surface area contributed by atoms with Crippen molar-refractivity contribution in [2.24, 2.45) is 0 Å². The molecule has 1 aromatic heterocycles. The van der Waals surface area contributed by atoms with Gasteiger partial charge < -0.3 is 19.2 Å². The summed E-state index contributed by atoms with van der Waals surface area (Å²) < 4.78 is 15.6. The number of amides is 1. The van der Waals surface area contributed by atoms with Crippen molar-refractivity contribution in [3.05, 3.63) is 71.0 Å². The number of rotatable bonds is 6. The molecule has 0 bridgehead atoms. The lowest BCUT2D eigenvalue weighted by Gasteiger charge is -2.06. The average molecular weight is 353 g/mol. The van der Waals surface area contributed by atoms with Crippen LogP contribution in [0.2, 0.25) is 0 Å². The summed E-state index contributed by atoms with van der Waals surface area (Å²) in [5.74, 6) is -0.461. The number of methoxy groups -OCH3 is 2. The smallest absolute Gasteiger partial charge is 0.337 e. The van der Waals surface area contributed by atoms with Crippen molar-refractivity contribution in [3.63, 3.8) is 0 Å². The van der Waals surface area contributed by atoms with Crippen molar-refractivity contribution in [1.29, 1.82) is 0 Å². The Hall–Kier alpha value is -3.12. The van der Waals surface area contributed by atoms with E-state index in [0.29, 0.717) is 17.7 Å². The highest BCUT2D eigenvalue weighted by Gasteiger charge is 2.20. The first-order valence-electron chi connectivity index (χ1n) is 8.09. The quantitative estimate of drug-likeness (QED) is 0.688. The summed E-state index contributed by atoms with van der Waals surface area (Å²) >= 11 is 0. The summed E-state index contributed by atoms with van der Waals surface area (Å²) in [5, 5.41) is 3.70. The molecule has 0 spiro atoms. The molecule has 0 atom stereocenters. The maximum atomic E-state index is 12.6. The van der Waals surface area contributed by atoms with E-state index in [-0.39, 0.29) is 18.3 Å². The Morgan fingerprint density at radius 1 is 1.04 bits per heavy atom. The second kappa shape index (κ2) is 7.84. The van der Waals surface area contributed by atoms with Crippen LogP contribution in [0, 0.1) is 0 Å². The molecule has 2 aromatic carbocycles. The molecule has 0 unspecified atom stereocenters. The van der Waals surface area contributed by atoms with Crippen molar-refractivity contribution in [2.45, 2.75) is 13.2 Å². The predicted octanol–water partition coefficient (Wildman–Crippen LogP) is 3.30. The van der Waals surface area contributed by atoms with Crippen LogP contribution >= 0.6 is 0 Å². The van der Waals surface area contributed by atoms with Gasteiger partial charge in [0.2, 0.25) is 0 Å². The topological polar surface area (TPSA) is 77.8 Å². The first kappa shape index (κ1) is 17.7. The van der Waals surface area contributed by atoms with Crippen LogP contribution in [-0.4, -0.2) is 26.1 Å². The van der Waals surface area contributed by atoms with Crippen LogP contribution < -0.4 is 5.32 Å². The van der Waals surface area contributed by atoms with Crippen molar-refractivity contribution >= 4 is 22.8 Å². The Kier molecular flexibility index (Phi) is 5.34. The summed E-state index contributed by atoms with van der Waals surface area (Å²) in [6.07, 6.45) is 0. The van der Waals surface area contributed by atoms with E-state index in [2.05, 4.69) is 10.1 Å². The second-order valence-corrected chi connectivity index (χ2v) is 5.71. The largest absolute Gasteiger partial charge is 0.465 e. The number of carbonyl (C=O) groups excluding carboxylic acids is 2. The van der Waals surface area contributed by atoms with E-state index >= 15 is 0 Å². The van der Waals surface area contributed by atoms with Crippen LogP contribution in [-0.2, 0) is 22.6 Å². The van der Waals surface area contributed by atoms with Gasteiger partial charge in [-0.05, 0) is 23.8 Å². The van der Waals surface area contributed by atoms with E-state index in [1.165, 1.54) is 7.11 Å². The number of nitrogens with one attached hydrogen (secondary N) is 1. The van der Waals surface area contributed by atoms with Crippen LogP contribution in [0.3, 0.4) is 0 Å². The maximum absolute atomic E-state index is 12.6. The standard InChI is InChI=1S/C20H19NO5/c1-24-12-16-15-5-3-4-6-17(15)26-18(16)19(22)21-11-13-7-9-14(10-8-13)20(23)25-2/h3-10H,11-12H2,1-2H3,(H,21,22). The molecule has 0 aliphatic heterocycles. The van der Waals surface area contributed by atoms with Gasteiger partial charge in [0.15, 0.2) is 5.76 Å². The zero-order chi connectivity index (χ0) is 18.5. The van der Waals surface area contributed by atoms with Gasteiger partial charge >= 0.3 is 5.97 Å². The first-order chi connectivity index (χ1) is 12.6. The van der Waals surface area contributed by atoms with Gasteiger partial charge in [-0.2, -0.15) is 0 Å². The molecule has 1 N–H and O–H groups in total. The number of hydrogen-bond acceptors (Lipinski definition) is 5. The van der Waals surface area contributed by atoms with E-state index in [1.54, 1.807) is 31.4 Å². The number of fused-ring (bicyclic) bond motifs is 1. The van der Waals surface area contributed by atoms with Crippen LogP contribution in [0.5, 0.6) is 0 Å². The molecule has 134 valence electrons. The lowest BCUT2D eigenvalue weighted by atomic mass is 10.1. The van der Waals surface area contributed by atoms with Gasteiger partial charge in [0, 0.05) is 24.6 Å². The van der Waals surface area contributed by atoms with Crippen LogP contribution in [0.25, 0.3) is 11.0 Å². The molecule has 3 rings (SSSR count). The molecular formula is C20H19NO5. The fourth-order valence-corrected chi connectivity index (χ4v) is 2.71. The van der Waals surface area contributed by atoms with Crippen LogP contribution in [0.15, 0.2) is 52.9 Å². The van der Waals surface area contributed by atoms with E-state index in [9.17, 15) is 9.59 Å². The minimum absolute atomic E-state index is 0.249. The summed E-state index contributed by atoms with van der Waals surface area (Å²) in [5.41, 5.74) is 2.69. The Morgan fingerprint density at radius 2 is 1.77 bits per heavy atom. The summed E-state index contributed by atoms with van der Waals surface area (Å²) in [7, 11) is 2.91. The highest BCUT2D eigenvalue weighted by Crippen LogP contribution is 2.26. The van der Waals surface area contributed by atoms with Gasteiger partial charge in [0.25, 0.3) is 5.91 Å². The number of hydrogen-bond donors (Lipinski definition) is 1. The van der Waals surface area contributed by atoms with Crippen molar-refractivity contribution < 1.29 is 23.5 Å². The zero-order valence-electron chi connectivity index (χ0n) is 14.6. The van der Waals surface area contributed by atoms with Crippen LogP contribution in [0.1, 0.15) is 32.0 Å². The molecule has 1 amide bonds. The van der Waals surface area contributed by atoms with E-state index in [4.69, 9.17) is 9.15 Å². The SMILES string of the molecule is COCc1c(C(=O)NCc2ccc(C(=O)OC)cc2)oc2ccccc12. The number of carbonyl (C=O) groups is 2. The van der Waals surface area contributed by atoms with Gasteiger partial charge in [-0.3, -0.25) is 4.79 Å². The Labute approximate surface area is 150 Å². The number of ether oxygens (including phenoxy) is 2. The third-order valence-electron chi connectivity index (χ3n) is 4.02. The van der Waals surface area contributed by atoms with E-state index in [0.717, 1.165) is 16.5 Å². The molecule has 0 fully saturated rings. The molecular weight excluding hydrogens is 334 g/mol. The molecule has 0 saturated carbocycles. The fourth-order valence-electron chi connectivity index (χ4n) is 2.71. The molecule has 0 aliphatic rings. The minimum Gasteiger partial charge on any atom is -0.465 e. The van der Waals surface area contributed by atoms with Crippen molar-refractivity contribution in [3.8, 4) is 0 Å². The molecule has 0 saturated heterocycles. The lowest BCUT2D eigenvalue weighted by Crippen LogP contribution is -2.23. The molecule has 0 radical (unpaired) electrons. The molecule has 0 aliphatic carbocycles. The zero-order valence-corrected chi connectivity index (χ0v) is 14.6. The van der Waals surface area contributed by atoms with E-state index in [1.807, 2.05) is 24.3 Å². The van der Waals surface area contributed by atoms with E-state index < -0.39 is 5.97 Å². The summed E-state index contributed by atoms with van der Waals surface area (Å²) in [4.78, 5) is 24.0.